The summed E-state index contributed by atoms with van der Waals surface area (Å²) in [7, 11) is -1.82. The van der Waals surface area contributed by atoms with Crippen LogP contribution >= 0.6 is 0 Å². The lowest BCUT2D eigenvalue weighted by atomic mass is 9.87. The van der Waals surface area contributed by atoms with Gasteiger partial charge in [0.25, 0.3) is 0 Å². The SMILES string of the molecule is COC(=O)C(C)CS(=O)(=O)CC1CCC1. The first kappa shape index (κ1) is 12.5. The molecule has 1 unspecified atom stereocenters. The minimum Gasteiger partial charge on any atom is -0.469 e. The van der Waals surface area contributed by atoms with E-state index in [1.54, 1.807) is 6.92 Å². The third kappa shape index (κ3) is 3.81. The lowest BCUT2D eigenvalue weighted by molar-refractivity contribution is -0.144. The summed E-state index contributed by atoms with van der Waals surface area (Å²) in [6.07, 6.45) is 3.14. The normalized spacial score (nSPS) is 19.3. The molecule has 4 nitrogen and oxygen atoms in total. The van der Waals surface area contributed by atoms with Crippen molar-refractivity contribution in [2.75, 3.05) is 18.6 Å². The summed E-state index contributed by atoms with van der Waals surface area (Å²) >= 11 is 0. The fourth-order valence-electron chi connectivity index (χ4n) is 1.74. The van der Waals surface area contributed by atoms with Crippen molar-refractivity contribution in [3.05, 3.63) is 0 Å². The summed E-state index contributed by atoms with van der Waals surface area (Å²) in [6.45, 7) is 1.59. The number of methoxy groups -OCH3 is 1. The molecule has 0 heterocycles. The molecule has 0 aliphatic heterocycles. The molecular formula is C10H18O4S. The zero-order chi connectivity index (χ0) is 11.5. The Labute approximate surface area is 90.9 Å². The van der Waals surface area contributed by atoms with Crippen LogP contribution in [0.1, 0.15) is 26.2 Å². The van der Waals surface area contributed by atoms with Gasteiger partial charge in [0.15, 0.2) is 9.84 Å². The fraction of sp³-hybridized carbons (Fsp3) is 0.900. The highest BCUT2D eigenvalue weighted by Gasteiger charge is 2.28. The van der Waals surface area contributed by atoms with E-state index in [2.05, 4.69) is 4.74 Å². The van der Waals surface area contributed by atoms with E-state index in [1.807, 2.05) is 0 Å². The third-order valence-electron chi connectivity index (χ3n) is 2.82. The maximum Gasteiger partial charge on any atom is 0.309 e. The van der Waals surface area contributed by atoms with Crippen LogP contribution < -0.4 is 0 Å². The van der Waals surface area contributed by atoms with Crippen LogP contribution in [0.2, 0.25) is 0 Å². The zero-order valence-corrected chi connectivity index (χ0v) is 10.0. The predicted molar refractivity (Wildman–Crippen MR) is 57.2 cm³/mol. The second kappa shape index (κ2) is 4.96. The van der Waals surface area contributed by atoms with Crippen LogP contribution in [0.3, 0.4) is 0 Å². The Bertz CT molecular complexity index is 316. The van der Waals surface area contributed by atoms with E-state index in [1.165, 1.54) is 7.11 Å². The Morgan fingerprint density at radius 3 is 2.47 bits per heavy atom. The largest absolute Gasteiger partial charge is 0.469 e. The average molecular weight is 234 g/mol. The number of rotatable bonds is 5. The van der Waals surface area contributed by atoms with Gasteiger partial charge in [0.1, 0.15) is 0 Å². The number of esters is 1. The molecule has 1 fully saturated rings. The van der Waals surface area contributed by atoms with E-state index in [0.29, 0.717) is 5.92 Å². The van der Waals surface area contributed by atoms with Gasteiger partial charge in [-0.2, -0.15) is 0 Å². The van der Waals surface area contributed by atoms with Crippen LogP contribution in [0.15, 0.2) is 0 Å². The second-order valence-electron chi connectivity index (χ2n) is 4.30. The first-order valence-corrected chi connectivity index (χ1v) is 7.05. The predicted octanol–water partition coefficient (Wildman–Crippen LogP) is 1.01. The van der Waals surface area contributed by atoms with E-state index >= 15 is 0 Å². The molecule has 0 spiro atoms. The molecule has 15 heavy (non-hydrogen) atoms. The summed E-state index contributed by atoms with van der Waals surface area (Å²) in [4.78, 5) is 11.1. The lowest BCUT2D eigenvalue weighted by Gasteiger charge is -2.25. The molecule has 0 radical (unpaired) electrons. The smallest absolute Gasteiger partial charge is 0.309 e. The van der Waals surface area contributed by atoms with Crippen molar-refractivity contribution in [1.29, 1.82) is 0 Å². The van der Waals surface area contributed by atoms with Crippen LogP contribution in [0.4, 0.5) is 0 Å². The topological polar surface area (TPSA) is 60.4 Å². The molecule has 0 saturated heterocycles. The van der Waals surface area contributed by atoms with E-state index in [9.17, 15) is 13.2 Å². The van der Waals surface area contributed by atoms with Crippen LogP contribution in [0.5, 0.6) is 0 Å². The van der Waals surface area contributed by atoms with E-state index in [0.717, 1.165) is 19.3 Å². The Kier molecular flexibility index (Phi) is 4.13. The van der Waals surface area contributed by atoms with Gasteiger partial charge in [-0.1, -0.05) is 13.3 Å². The standard InChI is InChI=1S/C10H18O4S/c1-8(10(11)14-2)6-15(12,13)7-9-4-3-5-9/h8-9H,3-7H2,1-2H3. The average Bonchev–Trinajstić information content (AvgIpc) is 2.09. The van der Waals surface area contributed by atoms with Crippen molar-refractivity contribution in [2.24, 2.45) is 11.8 Å². The first-order chi connectivity index (χ1) is 6.94. The van der Waals surface area contributed by atoms with Crippen LogP contribution in [0, 0.1) is 11.8 Å². The number of hydrogen-bond donors (Lipinski definition) is 0. The molecule has 0 aromatic carbocycles. The van der Waals surface area contributed by atoms with Crippen LogP contribution in [-0.4, -0.2) is 33.0 Å². The molecule has 1 atom stereocenters. The highest BCUT2D eigenvalue weighted by atomic mass is 32.2. The highest BCUT2D eigenvalue weighted by Crippen LogP contribution is 2.28. The highest BCUT2D eigenvalue weighted by molar-refractivity contribution is 7.91. The molecule has 0 N–H and O–H groups in total. The lowest BCUT2D eigenvalue weighted by Crippen LogP contribution is -2.29. The molecule has 1 saturated carbocycles. The van der Waals surface area contributed by atoms with Crippen molar-refractivity contribution >= 4 is 15.8 Å². The molecular weight excluding hydrogens is 216 g/mol. The van der Waals surface area contributed by atoms with Gasteiger partial charge in [0.05, 0.1) is 24.5 Å². The van der Waals surface area contributed by atoms with Crippen molar-refractivity contribution in [2.45, 2.75) is 26.2 Å². The van der Waals surface area contributed by atoms with E-state index in [-0.39, 0.29) is 11.5 Å². The monoisotopic (exact) mass is 234 g/mol. The second-order valence-corrected chi connectivity index (χ2v) is 6.45. The van der Waals surface area contributed by atoms with Gasteiger partial charge in [-0.25, -0.2) is 8.42 Å². The summed E-state index contributed by atoms with van der Waals surface area (Å²) in [5.74, 6) is -0.545. The van der Waals surface area contributed by atoms with E-state index in [4.69, 9.17) is 0 Å². The molecule has 0 aromatic heterocycles. The van der Waals surface area contributed by atoms with Gasteiger partial charge < -0.3 is 4.74 Å². The van der Waals surface area contributed by atoms with Crippen LogP contribution in [0.25, 0.3) is 0 Å². The zero-order valence-electron chi connectivity index (χ0n) is 9.23. The first-order valence-electron chi connectivity index (χ1n) is 5.23. The Morgan fingerprint density at radius 1 is 1.47 bits per heavy atom. The Balaban J connectivity index is 2.44. The number of sulfone groups is 1. The minimum absolute atomic E-state index is 0.0871. The summed E-state index contributed by atoms with van der Waals surface area (Å²) in [5, 5.41) is 0. The number of carbonyl (C=O) groups is 1. The maximum absolute atomic E-state index is 11.7. The number of ether oxygens (including phenoxy) is 1. The minimum atomic E-state index is -3.10. The summed E-state index contributed by atoms with van der Waals surface area (Å²) in [6, 6.07) is 0. The van der Waals surface area contributed by atoms with Gasteiger partial charge in [0.2, 0.25) is 0 Å². The quantitative estimate of drug-likeness (QED) is 0.666. The van der Waals surface area contributed by atoms with Gasteiger partial charge in [-0.3, -0.25) is 4.79 Å². The maximum atomic E-state index is 11.7. The van der Waals surface area contributed by atoms with Gasteiger partial charge in [0, 0.05) is 0 Å². The van der Waals surface area contributed by atoms with E-state index < -0.39 is 21.7 Å². The van der Waals surface area contributed by atoms with Gasteiger partial charge in [-0.05, 0) is 18.8 Å². The van der Waals surface area contributed by atoms with Crippen LogP contribution in [-0.2, 0) is 19.4 Å². The molecule has 1 aliphatic carbocycles. The fourth-order valence-corrected chi connectivity index (χ4v) is 3.82. The van der Waals surface area contributed by atoms with Gasteiger partial charge >= 0.3 is 5.97 Å². The Hall–Kier alpha value is -0.580. The number of hydrogen-bond acceptors (Lipinski definition) is 4. The molecule has 88 valence electrons. The molecule has 0 aromatic rings. The summed E-state index contributed by atoms with van der Waals surface area (Å²) in [5.41, 5.74) is 0. The van der Waals surface area contributed by atoms with Crippen molar-refractivity contribution < 1.29 is 17.9 Å². The molecule has 0 amide bonds. The van der Waals surface area contributed by atoms with Crippen molar-refractivity contribution in [3.8, 4) is 0 Å². The molecule has 0 bridgehead atoms. The van der Waals surface area contributed by atoms with Crippen molar-refractivity contribution in [1.82, 2.24) is 0 Å². The third-order valence-corrected chi connectivity index (χ3v) is 4.81. The number of carbonyl (C=O) groups excluding carboxylic acids is 1. The molecule has 5 heteroatoms. The van der Waals surface area contributed by atoms with Crippen molar-refractivity contribution in [3.63, 3.8) is 0 Å². The molecule has 1 rings (SSSR count). The van der Waals surface area contributed by atoms with Gasteiger partial charge in [-0.15, -0.1) is 0 Å². The Morgan fingerprint density at radius 2 is 2.07 bits per heavy atom. The molecule has 1 aliphatic rings. The summed E-state index contributed by atoms with van der Waals surface area (Å²) < 4.78 is 27.8.